The number of nitrogens with zero attached hydrogens (tertiary/aromatic N) is 2. The van der Waals surface area contributed by atoms with Crippen LogP contribution in [0.5, 0.6) is 0 Å². The van der Waals surface area contributed by atoms with Gasteiger partial charge >= 0.3 is 0 Å². The van der Waals surface area contributed by atoms with E-state index in [0.717, 1.165) is 23.3 Å². The third-order valence-electron chi connectivity index (χ3n) is 5.08. The molecule has 0 saturated heterocycles. The van der Waals surface area contributed by atoms with E-state index in [9.17, 15) is 14.0 Å². The molecule has 1 aliphatic rings. The number of halogens is 1. The van der Waals surface area contributed by atoms with Gasteiger partial charge in [-0.2, -0.15) is 0 Å². The summed E-state index contributed by atoms with van der Waals surface area (Å²) >= 11 is 1.66. The highest BCUT2D eigenvalue weighted by Gasteiger charge is 2.39. The van der Waals surface area contributed by atoms with Crippen molar-refractivity contribution in [3.05, 3.63) is 57.5 Å². The van der Waals surface area contributed by atoms with Crippen LogP contribution in [0.3, 0.4) is 0 Å². The van der Waals surface area contributed by atoms with Crippen LogP contribution in [0.15, 0.2) is 36.4 Å². The molecule has 1 aromatic carbocycles. The summed E-state index contributed by atoms with van der Waals surface area (Å²) in [4.78, 5) is 31.8. The Morgan fingerprint density at radius 2 is 1.72 bits per heavy atom. The summed E-state index contributed by atoms with van der Waals surface area (Å²) in [5, 5.41) is 0. The maximum Gasteiger partial charge on any atom is 0.242 e. The number of hydrogen-bond donors (Lipinski definition) is 0. The van der Waals surface area contributed by atoms with Gasteiger partial charge in [-0.25, -0.2) is 4.39 Å². The van der Waals surface area contributed by atoms with Gasteiger partial charge in [0.05, 0.1) is 6.54 Å². The maximum atomic E-state index is 13.3. The Kier molecular flexibility index (Phi) is 6.42. The number of rotatable bonds is 7. The topological polar surface area (TPSA) is 40.6 Å². The first-order chi connectivity index (χ1) is 13.6. The molecule has 2 aromatic rings. The van der Waals surface area contributed by atoms with Crippen LogP contribution in [-0.2, 0) is 22.7 Å². The smallest absolute Gasteiger partial charge is 0.242 e. The van der Waals surface area contributed by atoms with Crippen LogP contribution in [0.2, 0.25) is 0 Å². The predicted octanol–water partition coefficient (Wildman–Crippen LogP) is 4.76. The van der Waals surface area contributed by atoms with Crippen LogP contribution in [0, 0.1) is 18.7 Å². The normalized spacial score (nSPS) is 14.0. The third kappa shape index (κ3) is 5.89. The Morgan fingerprint density at radius 3 is 2.24 bits per heavy atom. The minimum absolute atomic E-state index is 0.0599. The lowest BCUT2D eigenvalue weighted by atomic mass is 10.0. The fraction of sp³-hybridized carbons (Fsp3) is 0.478. The van der Waals surface area contributed by atoms with E-state index >= 15 is 0 Å². The molecule has 1 aromatic heterocycles. The van der Waals surface area contributed by atoms with Crippen molar-refractivity contribution in [2.24, 2.45) is 5.92 Å². The second kappa shape index (κ2) is 8.66. The summed E-state index contributed by atoms with van der Waals surface area (Å²) in [6.07, 6.45) is 1.82. The highest BCUT2D eigenvalue weighted by atomic mass is 32.1. The van der Waals surface area contributed by atoms with Gasteiger partial charge in [0.15, 0.2) is 0 Å². The summed E-state index contributed by atoms with van der Waals surface area (Å²) in [7, 11) is 0. The zero-order valence-electron chi connectivity index (χ0n) is 17.6. The molecule has 29 heavy (non-hydrogen) atoms. The first-order valence-corrected chi connectivity index (χ1v) is 10.8. The third-order valence-corrected chi connectivity index (χ3v) is 6.06. The molecule has 1 aliphatic carbocycles. The summed E-state index contributed by atoms with van der Waals surface area (Å²) < 4.78 is 13.3. The fourth-order valence-electron chi connectivity index (χ4n) is 3.23. The van der Waals surface area contributed by atoms with Gasteiger partial charge in [-0.1, -0.05) is 12.1 Å². The number of amides is 2. The molecule has 3 rings (SSSR count). The van der Waals surface area contributed by atoms with Crippen molar-refractivity contribution in [2.75, 3.05) is 6.54 Å². The van der Waals surface area contributed by atoms with Crippen molar-refractivity contribution in [1.82, 2.24) is 9.80 Å². The van der Waals surface area contributed by atoms with E-state index in [0.29, 0.717) is 13.1 Å². The van der Waals surface area contributed by atoms with E-state index < -0.39 is 5.54 Å². The van der Waals surface area contributed by atoms with Gasteiger partial charge in [0.25, 0.3) is 0 Å². The number of carbonyl (C=O) groups excluding carboxylic acids is 2. The highest BCUT2D eigenvalue weighted by molar-refractivity contribution is 7.11. The van der Waals surface area contributed by atoms with E-state index in [1.807, 2.05) is 39.8 Å². The standard InChI is InChI=1S/C23H29FN2O2S/c1-16-5-12-20(29-16)14-25(13-17-6-10-19(24)11-7-17)21(27)15-26(23(2,3)4)22(28)18-8-9-18/h5-7,10-12,18H,8-9,13-15H2,1-4H3. The number of benzene rings is 1. The molecular formula is C23H29FN2O2S. The van der Waals surface area contributed by atoms with E-state index in [2.05, 4.69) is 0 Å². The van der Waals surface area contributed by atoms with Crippen molar-refractivity contribution in [3.8, 4) is 0 Å². The van der Waals surface area contributed by atoms with Gasteiger partial charge in [0.2, 0.25) is 11.8 Å². The summed E-state index contributed by atoms with van der Waals surface area (Å²) in [5.41, 5.74) is 0.444. The molecule has 0 aliphatic heterocycles. The molecule has 4 nitrogen and oxygen atoms in total. The molecule has 156 valence electrons. The summed E-state index contributed by atoms with van der Waals surface area (Å²) in [6, 6.07) is 10.3. The number of carbonyl (C=O) groups is 2. The predicted molar refractivity (Wildman–Crippen MR) is 114 cm³/mol. The van der Waals surface area contributed by atoms with Gasteiger partial charge in [-0.15, -0.1) is 11.3 Å². The highest BCUT2D eigenvalue weighted by Crippen LogP contribution is 2.33. The fourth-order valence-corrected chi connectivity index (χ4v) is 4.14. The van der Waals surface area contributed by atoms with E-state index in [1.165, 1.54) is 17.0 Å². The van der Waals surface area contributed by atoms with Crippen molar-refractivity contribution in [1.29, 1.82) is 0 Å². The number of aryl methyl sites for hydroxylation is 1. The molecular weight excluding hydrogens is 387 g/mol. The first kappa shape index (κ1) is 21.5. The average Bonchev–Trinajstić information content (AvgIpc) is 3.42. The average molecular weight is 417 g/mol. The lowest BCUT2D eigenvalue weighted by molar-refractivity contribution is -0.146. The van der Waals surface area contributed by atoms with Crippen molar-refractivity contribution in [3.63, 3.8) is 0 Å². The van der Waals surface area contributed by atoms with Crippen LogP contribution in [0.1, 0.15) is 48.9 Å². The lowest BCUT2D eigenvalue weighted by Gasteiger charge is -2.37. The van der Waals surface area contributed by atoms with Gasteiger partial charge in [-0.05, 0) is 70.4 Å². The van der Waals surface area contributed by atoms with Gasteiger partial charge in [0, 0.05) is 27.8 Å². The Bertz CT molecular complexity index is 866. The van der Waals surface area contributed by atoms with Crippen LogP contribution >= 0.6 is 11.3 Å². The van der Waals surface area contributed by atoms with Crippen LogP contribution in [0.25, 0.3) is 0 Å². The van der Waals surface area contributed by atoms with Crippen molar-refractivity contribution in [2.45, 2.75) is 59.2 Å². The Hall–Kier alpha value is -2.21. The Morgan fingerprint density at radius 1 is 1.07 bits per heavy atom. The number of thiophene rings is 1. The van der Waals surface area contributed by atoms with Gasteiger partial charge in [0.1, 0.15) is 12.4 Å². The quantitative estimate of drug-likeness (QED) is 0.653. The van der Waals surface area contributed by atoms with Crippen molar-refractivity contribution >= 4 is 23.2 Å². The molecule has 1 saturated carbocycles. The van der Waals surface area contributed by atoms with E-state index in [-0.39, 0.29) is 30.1 Å². The molecule has 0 unspecified atom stereocenters. The zero-order valence-corrected chi connectivity index (χ0v) is 18.4. The molecule has 1 heterocycles. The molecule has 0 spiro atoms. The molecule has 0 N–H and O–H groups in total. The molecule has 6 heteroatoms. The molecule has 0 atom stereocenters. The minimum atomic E-state index is -0.420. The Balaban J connectivity index is 1.79. The monoisotopic (exact) mass is 416 g/mol. The molecule has 1 fully saturated rings. The second-order valence-corrected chi connectivity index (χ2v) is 10.1. The van der Waals surface area contributed by atoms with Crippen LogP contribution < -0.4 is 0 Å². The summed E-state index contributed by atoms with van der Waals surface area (Å²) in [5.74, 6) is -0.259. The first-order valence-electron chi connectivity index (χ1n) is 10.0. The maximum absolute atomic E-state index is 13.3. The van der Waals surface area contributed by atoms with Gasteiger partial charge in [-0.3, -0.25) is 9.59 Å². The zero-order chi connectivity index (χ0) is 21.2. The number of hydrogen-bond acceptors (Lipinski definition) is 3. The lowest BCUT2D eigenvalue weighted by Crippen LogP contribution is -2.51. The van der Waals surface area contributed by atoms with Crippen LogP contribution in [0.4, 0.5) is 4.39 Å². The summed E-state index contributed by atoms with van der Waals surface area (Å²) in [6.45, 7) is 8.85. The van der Waals surface area contributed by atoms with E-state index in [4.69, 9.17) is 0 Å². The largest absolute Gasteiger partial charge is 0.332 e. The van der Waals surface area contributed by atoms with Crippen molar-refractivity contribution < 1.29 is 14.0 Å². The SMILES string of the molecule is Cc1ccc(CN(Cc2ccc(F)cc2)C(=O)CN(C(=O)C2CC2)C(C)(C)C)s1. The molecule has 0 bridgehead atoms. The molecule has 2 amide bonds. The second-order valence-electron chi connectivity index (χ2n) is 8.76. The van der Waals surface area contributed by atoms with Gasteiger partial charge < -0.3 is 9.80 Å². The molecule has 0 radical (unpaired) electrons. The minimum Gasteiger partial charge on any atom is -0.332 e. The van der Waals surface area contributed by atoms with E-state index in [1.54, 1.807) is 33.3 Å². The van der Waals surface area contributed by atoms with Crippen LogP contribution in [-0.4, -0.2) is 33.7 Å². The Labute approximate surface area is 176 Å².